The summed E-state index contributed by atoms with van der Waals surface area (Å²) < 4.78 is 19.4. The molecule has 0 fully saturated rings. The van der Waals surface area contributed by atoms with Crippen molar-refractivity contribution in [2.45, 2.75) is 6.42 Å². The molecule has 5 aromatic carbocycles. The molecule has 1 aromatic heterocycles. The van der Waals surface area contributed by atoms with Crippen molar-refractivity contribution < 1.29 is 18.4 Å². The molecule has 2 amide bonds. The Morgan fingerprint density at radius 1 is 0.732 bits per heavy atom. The molecule has 1 heterocycles. The van der Waals surface area contributed by atoms with E-state index in [1.807, 2.05) is 84.9 Å². The Morgan fingerprint density at radius 2 is 1.44 bits per heavy atom. The molecular formula is C35H25FN2O3. The molecule has 0 radical (unpaired) electrons. The fourth-order valence-electron chi connectivity index (χ4n) is 5.01. The van der Waals surface area contributed by atoms with Crippen LogP contribution < -0.4 is 11.1 Å². The first-order chi connectivity index (χ1) is 20.0. The van der Waals surface area contributed by atoms with Crippen LogP contribution in [0, 0.1) is 5.82 Å². The van der Waals surface area contributed by atoms with E-state index in [1.54, 1.807) is 24.3 Å². The Hall–Kier alpha value is -5.49. The van der Waals surface area contributed by atoms with Crippen LogP contribution in [0.3, 0.4) is 0 Å². The molecule has 6 aromatic rings. The third-order valence-corrected chi connectivity index (χ3v) is 7.00. The number of para-hydroxylation sites is 1. The SMILES string of the molecule is NC(=O)c1c(Cc2ccc(F)cc2)oc2ccc(-c3cccc(C(=O)Nc4ccccc4-c4ccccc4)c3)cc12. The van der Waals surface area contributed by atoms with Gasteiger partial charge in [-0.05, 0) is 64.7 Å². The summed E-state index contributed by atoms with van der Waals surface area (Å²) >= 11 is 0. The van der Waals surface area contributed by atoms with Crippen molar-refractivity contribution in [2.24, 2.45) is 5.73 Å². The van der Waals surface area contributed by atoms with Crippen LogP contribution in [-0.4, -0.2) is 11.8 Å². The van der Waals surface area contributed by atoms with Gasteiger partial charge in [0.1, 0.15) is 17.2 Å². The standard InChI is InChI=1S/C35H25FN2O3/c36-27-16-13-22(14-17-27)19-32-33(34(37)39)29-21-25(15-18-31(29)41-32)24-9-6-10-26(20-24)35(40)38-30-12-5-4-11-28(30)23-7-2-1-3-8-23/h1-18,20-21H,19H2,(H2,37,39)(H,38,40). The first-order valence-corrected chi connectivity index (χ1v) is 13.1. The maximum absolute atomic E-state index is 13.4. The Bertz CT molecular complexity index is 1890. The predicted molar refractivity (Wildman–Crippen MR) is 159 cm³/mol. The lowest BCUT2D eigenvalue weighted by Gasteiger charge is -2.12. The Kier molecular flexibility index (Phi) is 6.88. The minimum atomic E-state index is -0.608. The Morgan fingerprint density at radius 3 is 2.22 bits per heavy atom. The lowest BCUT2D eigenvalue weighted by molar-refractivity contribution is 0.0997. The number of fused-ring (bicyclic) bond motifs is 1. The van der Waals surface area contributed by atoms with Gasteiger partial charge in [0.25, 0.3) is 11.8 Å². The van der Waals surface area contributed by atoms with Crippen LogP contribution in [0.15, 0.2) is 126 Å². The molecule has 0 saturated carbocycles. The minimum absolute atomic E-state index is 0.237. The molecule has 0 aliphatic carbocycles. The number of benzene rings is 5. The summed E-state index contributed by atoms with van der Waals surface area (Å²) in [6, 6.07) is 36.4. The monoisotopic (exact) mass is 540 g/mol. The molecule has 0 unspecified atom stereocenters. The molecule has 0 spiro atoms. The van der Waals surface area contributed by atoms with E-state index < -0.39 is 5.91 Å². The summed E-state index contributed by atoms with van der Waals surface area (Å²) in [5, 5.41) is 3.63. The van der Waals surface area contributed by atoms with Crippen molar-refractivity contribution in [3.05, 3.63) is 150 Å². The third kappa shape index (κ3) is 5.36. The van der Waals surface area contributed by atoms with Crippen LogP contribution in [0.5, 0.6) is 0 Å². The minimum Gasteiger partial charge on any atom is -0.460 e. The first kappa shape index (κ1) is 25.8. The molecule has 0 bridgehead atoms. The fourth-order valence-corrected chi connectivity index (χ4v) is 5.01. The van der Waals surface area contributed by atoms with Gasteiger partial charge < -0.3 is 15.5 Å². The van der Waals surface area contributed by atoms with Gasteiger partial charge in [-0.15, -0.1) is 0 Å². The third-order valence-electron chi connectivity index (χ3n) is 7.00. The molecule has 3 N–H and O–H groups in total. The van der Waals surface area contributed by atoms with Gasteiger partial charge in [-0.25, -0.2) is 4.39 Å². The van der Waals surface area contributed by atoms with Crippen molar-refractivity contribution in [2.75, 3.05) is 5.32 Å². The summed E-state index contributed by atoms with van der Waals surface area (Å²) in [6.07, 6.45) is 0.294. The molecule has 41 heavy (non-hydrogen) atoms. The number of hydrogen-bond donors (Lipinski definition) is 2. The Labute approximate surface area is 236 Å². The zero-order chi connectivity index (χ0) is 28.3. The number of furan rings is 1. The first-order valence-electron chi connectivity index (χ1n) is 13.1. The van der Waals surface area contributed by atoms with Gasteiger partial charge in [0, 0.05) is 28.6 Å². The molecule has 0 saturated heterocycles. The quantitative estimate of drug-likeness (QED) is 0.216. The lowest BCUT2D eigenvalue weighted by atomic mass is 9.99. The molecule has 6 heteroatoms. The van der Waals surface area contributed by atoms with E-state index in [4.69, 9.17) is 10.2 Å². The van der Waals surface area contributed by atoms with E-state index in [0.717, 1.165) is 27.8 Å². The molecule has 5 nitrogen and oxygen atoms in total. The highest BCUT2D eigenvalue weighted by Crippen LogP contribution is 2.33. The second-order valence-electron chi connectivity index (χ2n) is 9.73. The number of rotatable bonds is 7. The van der Waals surface area contributed by atoms with E-state index >= 15 is 0 Å². The van der Waals surface area contributed by atoms with Crippen LogP contribution in [0.1, 0.15) is 32.0 Å². The average Bonchev–Trinajstić information content (AvgIpc) is 3.36. The maximum atomic E-state index is 13.4. The number of amides is 2. The number of nitrogens with one attached hydrogen (secondary N) is 1. The number of carbonyl (C=O) groups excluding carboxylic acids is 2. The highest BCUT2D eigenvalue weighted by Gasteiger charge is 2.20. The van der Waals surface area contributed by atoms with Crippen LogP contribution in [0.2, 0.25) is 0 Å². The fraction of sp³-hybridized carbons (Fsp3) is 0.0286. The van der Waals surface area contributed by atoms with Gasteiger partial charge in [-0.2, -0.15) is 0 Å². The van der Waals surface area contributed by atoms with Crippen LogP contribution in [-0.2, 0) is 6.42 Å². The zero-order valence-corrected chi connectivity index (χ0v) is 21.9. The largest absolute Gasteiger partial charge is 0.460 e. The summed E-state index contributed by atoms with van der Waals surface area (Å²) in [6.45, 7) is 0. The topological polar surface area (TPSA) is 85.3 Å². The molecule has 0 aliphatic heterocycles. The van der Waals surface area contributed by atoms with Gasteiger partial charge in [-0.1, -0.05) is 78.9 Å². The summed E-state index contributed by atoms with van der Waals surface area (Å²) in [5.74, 6) is -0.766. The normalized spacial score (nSPS) is 11.0. The molecule has 0 atom stereocenters. The van der Waals surface area contributed by atoms with Gasteiger partial charge in [0.15, 0.2) is 0 Å². The van der Waals surface area contributed by atoms with Crippen molar-refractivity contribution in [3.63, 3.8) is 0 Å². The van der Waals surface area contributed by atoms with Crippen LogP contribution in [0.25, 0.3) is 33.2 Å². The van der Waals surface area contributed by atoms with Crippen LogP contribution in [0.4, 0.5) is 10.1 Å². The van der Waals surface area contributed by atoms with Gasteiger partial charge in [0.05, 0.1) is 5.56 Å². The average molecular weight is 541 g/mol. The van der Waals surface area contributed by atoms with E-state index in [1.165, 1.54) is 12.1 Å². The second kappa shape index (κ2) is 10.9. The van der Waals surface area contributed by atoms with Gasteiger partial charge in [-0.3, -0.25) is 9.59 Å². The van der Waals surface area contributed by atoms with Crippen molar-refractivity contribution >= 4 is 28.5 Å². The van der Waals surface area contributed by atoms with Gasteiger partial charge >= 0.3 is 0 Å². The maximum Gasteiger partial charge on any atom is 0.255 e. The van der Waals surface area contributed by atoms with E-state index in [0.29, 0.717) is 34.4 Å². The van der Waals surface area contributed by atoms with Crippen molar-refractivity contribution in [1.29, 1.82) is 0 Å². The van der Waals surface area contributed by atoms with Crippen molar-refractivity contribution in [1.82, 2.24) is 0 Å². The second-order valence-corrected chi connectivity index (χ2v) is 9.73. The predicted octanol–water partition coefficient (Wildman–Crippen LogP) is 7.85. The van der Waals surface area contributed by atoms with Gasteiger partial charge in [0.2, 0.25) is 0 Å². The molecule has 200 valence electrons. The number of anilines is 1. The lowest BCUT2D eigenvalue weighted by Crippen LogP contribution is -2.13. The number of nitrogens with two attached hydrogens (primary N) is 1. The highest BCUT2D eigenvalue weighted by molar-refractivity contribution is 6.08. The molecule has 0 aliphatic rings. The number of halogens is 1. The summed E-state index contributed by atoms with van der Waals surface area (Å²) in [4.78, 5) is 25.8. The number of primary amides is 1. The van der Waals surface area contributed by atoms with Crippen molar-refractivity contribution in [3.8, 4) is 22.3 Å². The zero-order valence-electron chi connectivity index (χ0n) is 21.9. The highest BCUT2D eigenvalue weighted by atomic mass is 19.1. The van der Waals surface area contributed by atoms with E-state index in [9.17, 15) is 14.0 Å². The number of carbonyl (C=O) groups is 2. The number of hydrogen-bond acceptors (Lipinski definition) is 3. The molecule has 6 rings (SSSR count). The Balaban J connectivity index is 1.31. The smallest absolute Gasteiger partial charge is 0.255 e. The summed E-state index contributed by atoms with van der Waals surface area (Å²) in [7, 11) is 0. The van der Waals surface area contributed by atoms with Crippen LogP contribution >= 0.6 is 0 Å². The molecular weight excluding hydrogens is 515 g/mol. The van der Waals surface area contributed by atoms with E-state index in [-0.39, 0.29) is 17.3 Å². The van der Waals surface area contributed by atoms with E-state index in [2.05, 4.69) is 5.32 Å². The summed E-state index contributed by atoms with van der Waals surface area (Å²) in [5.41, 5.74) is 12.1.